The van der Waals surface area contributed by atoms with Gasteiger partial charge >= 0.3 is 0 Å². The molecule has 0 saturated carbocycles. The van der Waals surface area contributed by atoms with E-state index in [1.54, 1.807) is 0 Å². The Kier molecular flexibility index (Phi) is 2.49. The van der Waals surface area contributed by atoms with E-state index < -0.39 is 0 Å². The molecule has 10 heavy (non-hydrogen) atoms. The summed E-state index contributed by atoms with van der Waals surface area (Å²) in [5, 5.41) is 0. The SMILES string of the molecule is C=CCC1=CCCCC1=C. The van der Waals surface area contributed by atoms with E-state index in [2.05, 4.69) is 19.2 Å². The van der Waals surface area contributed by atoms with Gasteiger partial charge in [0.2, 0.25) is 0 Å². The van der Waals surface area contributed by atoms with Crippen molar-refractivity contribution in [3.63, 3.8) is 0 Å². The first kappa shape index (κ1) is 7.33. The van der Waals surface area contributed by atoms with Gasteiger partial charge in [0, 0.05) is 0 Å². The van der Waals surface area contributed by atoms with Crippen LogP contribution in [0.15, 0.2) is 36.5 Å². The van der Waals surface area contributed by atoms with Crippen LogP contribution in [0.2, 0.25) is 0 Å². The molecule has 0 heteroatoms. The minimum Gasteiger partial charge on any atom is -0.103 e. The minimum absolute atomic E-state index is 0.999. The van der Waals surface area contributed by atoms with Crippen LogP contribution in [0.25, 0.3) is 0 Å². The molecular weight excluding hydrogens is 120 g/mol. The van der Waals surface area contributed by atoms with Crippen molar-refractivity contribution in [1.29, 1.82) is 0 Å². The number of rotatable bonds is 2. The van der Waals surface area contributed by atoms with E-state index in [0.29, 0.717) is 0 Å². The fraction of sp³-hybridized carbons (Fsp3) is 0.400. The second kappa shape index (κ2) is 3.40. The molecule has 1 aliphatic carbocycles. The smallest absolute Gasteiger partial charge is 0.0101 e. The lowest BCUT2D eigenvalue weighted by atomic mass is 9.93. The first-order valence-corrected chi connectivity index (χ1v) is 3.82. The van der Waals surface area contributed by atoms with Crippen molar-refractivity contribution in [2.24, 2.45) is 0 Å². The average molecular weight is 134 g/mol. The zero-order valence-electron chi connectivity index (χ0n) is 6.40. The first-order chi connectivity index (χ1) is 4.84. The molecule has 1 rings (SSSR count). The van der Waals surface area contributed by atoms with Crippen LogP contribution in [0, 0.1) is 0 Å². The molecule has 0 heterocycles. The van der Waals surface area contributed by atoms with Crippen LogP contribution in [0.3, 0.4) is 0 Å². The van der Waals surface area contributed by atoms with Crippen LogP contribution in [0.5, 0.6) is 0 Å². The molecule has 0 aromatic carbocycles. The minimum atomic E-state index is 0.999. The number of allylic oxidation sites excluding steroid dienone is 4. The molecule has 0 radical (unpaired) electrons. The van der Waals surface area contributed by atoms with E-state index in [-0.39, 0.29) is 0 Å². The van der Waals surface area contributed by atoms with E-state index in [1.165, 1.54) is 30.4 Å². The van der Waals surface area contributed by atoms with Crippen molar-refractivity contribution in [3.8, 4) is 0 Å². The molecular formula is C10H14. The normalized spacial score (nSPS) is 18.4. The van der Waals surface area contributed by atoms with Crippen molar-refractivity contribution in [2.75, 3.05) is 0 Å². The van der Waals surface area contributed by atoms with Crippen molar-refractivity contribution >= 4 is 0 Å². The summed E-state index contributed by atoms with van der Waals surface area (Å²) in [6.45, 7) is 7.71. The first-order valence-electron chi connectivity index (χ1n) is 3.82. The maximum absolute atomic E-state index is 4.00. The van der Waals surface area contributed by atoms with Crippen molar-refractivity contribution in [2.45, 2.75) is 25.7 Å². The lowest BCUT2D eigenvalue weighted by Gasteiger charge is -2.13. The summed E-state index contributed by atoms with van der Waals surface area (Å²) < 4.78 is 0. The Morgan fingerprint density at radius 3 is 3.00 bits per heavy atom. The maximum atomic E-state index is 4.00. The maximum Gasteiger partial charge on any atom is -0.0101 e. The lowest BCUT2D eigenvalue weighted by molar-refractivity contribution is 0.795. The van der Waals surface area contributed by atoms with E-state index in [9.17, 15) is 0 Å². The molecule has 0 fully saturated rings. The summed E-state index contributed by atoms with van der Waals surface area (Å²) in [5.74, 6) is 0. The third kappa shape index (κ3) is 1.60. The highest BCUT2D eigenvalue weighted by atomic mass is 14.1. The quantitative estimate of drug-likeness (QED) is 0.509. The Balaban J connectivity index is 2.61. The molecule has 0 aromatic heterocycles. The van der Waals surface area contributed by atoms with Crippen LogP contribution < -0.4 is 0 Å². The molecule has 54 valence electrons. The Morgan fingerprint density at radius 1 is 1.60 bits per heavy atom. The van der Waals surface area contributed by atoms with Gasteiger partial charge in [-0.25, -0.2) is 0 Å². The molecule has 0 amide bonds. The van der Waals surface area contributed by atoms with Gasteiger partial charge in [-0.2, -0.15) is 0 Å². The third-order valence-corrected chi connectivity index (χ3v) is 1.89. The standard InChI is InChI=1S/C10H14/c1-3-6-10-8-5-4-7-9(10)2/h3,8H,1-2,4-7H2. The molecule has 1 aliphatic rings. The van der Waals surface area contributed by atoms with Gasteiger partial charge in [0.15, 0.2) is 0 Å². The van der Waals surface area contributed by atoms with Crippen LogP contribution in [0.1, 0.15) is 25.7 Å². The molecule has 0 nitrogen and oxygen atoms in total. The van der Waals surface area contributed by atoms with Gasteiger partial charge in [-0.15, -0.1) is 6.58 Å². The zero-order valence-corrected chi connectivity index (χ0v) is 6.40. The lowest BCUT2D eigenvalue weighted by Crippen LogP contribution is -1.93. The molecule has 0 aromatic rings. The summed E-state index contributed by atoms with van der Waals surface area (Å²) in [4.78, 5) is 0. The van der Waals surface area contributed by atoms with Gasteiger partial charge in [0.05, 0.1) is 0 Å². The molecule has 0 saturated heterocycles. The van der Waals surface area contributed by atoms with Crippen molar-refractivity contribution < 1.29 is 0 Å². The van der Waals surface area contributed by atoms with Gasteiger partial charge in [0.1, 0.15) is 0 Å². The number of hydrogen-bond acceptors (Lipinski definition) is 0. The Bertz CT molecular complexity index is 172. The average Bonchev–Trinajstić information content (AvgIpc) is 1.94. The van der Waals surface area contributed by atoms with Crippen LogP contribution in [-0.4, -0.2) is 0 Å². The summed E-state index contributed by atoms with van der Waals surface area (Å²) in [5.41, 5.74) is 2.72. The monoisotopic (exact) mass is 134 g/mol. The van der Waals surface area contributed by atoms with Crippen LogP contribution >= 0.6 is 0 Å². The number of hydrogen-bond donors (Lipinski definition) is 0. The van der Waals surface area contributed by atoms with E-state index in [1.807, 2.05) is 6.08 Å². The highest BCUT2D eigenvalue weighted by Crippen LogP contribution is 2.24. The molecule has 0 unspecified atom stereocenters. The molecule has 0 aliphatic heterocycles. The fourth-order valence-electron chi connectivity index (χ4n) is 1.28. The van der Waals surface area contributed by atoms with Crippen molar-refractivity contribution in [1.82, 2.24) is 0 Å². The van der Waals surface area contributed by atoms with Crippen molar-refractivity contribution in [3.05, 3.63) is 36.5 Å². The molecule has 0 bridgehead atoms. The van der Waals surface area contributed by atoms with E-state index >= 15 is 0 Å². The van der Waals surface area contributed by atoms with Gasteiger partial charge < -0.3 is 0 Å². The fourth-order valence-corrected chi connectivity index (χ4v) is 1.28. The van der Waals surface area contributed by atoms with Gasteiger partial charge in [-0.05, 0) is 31.3 Å². The van der Waals surface area contributed by atoms with Crippen LogP contribution in [0.4, 0.5) is 0 Å². The summed E-state index contributed by atoms with van der Waals surface area (Å²) in [7, 11) is 0. The summed E-state index contributed by atoms with van der Waals surface area (Å²) in [6, 6.07) is 0. The Labute approximate surface area is 62.9 Å². The van der Waals surface area contributed by atoms with Crippen LogP contribution in [-0.2, 0) is 0 Å². The predicted octanol–water partition coefficient (Wildman–Crippen LogP) is 3.23. The molecule has 0 N–H and O–H groups in total. The van der Waals surface area contributed by atoms with Gasteiger partial charge in [-0.3, -0.25) is 0 Å². The summed E-state index contributed by atoms with van der Waals surface area (Å²) in [6.07, 6.45) is 8.91. The highest BCUT2D eigenvalue weighted by molar-refractivity contribution is 5.31. The second-order valence-corrected chi connectivity index (χ2v) is 2.72. The van der Waals surface area contributed by atoms with Gasteiger partial charge in [-0.1, -0.05) is 24.3 Å². The Hall–Kier alpha value is -0.780. The summed E-state index contributed by atoms with van der Waals surface area (Å²) >= 11 is 0. The predicted molar refractivity (Wildman–Crippen MR) is 45.9 cm³/mol. The second-order valence-electron chi connectivity index (χ2n) is 2.72. The zero-order chi connectivity index (χ0) is 7.40. The topological polar surface area (TPSA) is 0 Å². The highest BCUT2D eigenvalue weighted by Gasteiger charge is 2.04. The Morgan fingerprint density at radius 2 is 2.40 bits per heavy atom. The largest absolute Gasteiger partial charge is 0.103 e. The van der Waals surface area contributed by atoms with E-state index in [0.717, 1.165) is 6.42 Å². The van der Waals surface area contributed by atoms with E-state index in [4.69, 9.17) is 0 Å². The third-order valence-electron chi connectivity index (χ3n) is 1.89. The molecule has 0 atom stereocenters. The van der Waals surface area contributed by atoms with Gasteiger partial charge in [0.25, 0.3) is 0 Å². The molecule has 0 spiro atoms.